The van der Waals surface area contributed by atoms with Crippen LogP contribution in [0.2, 0.25) is 0 Å². The van der Waals surface area contributed by atoms with E-state index in [1.165, 1.54) is 26.2 Å². The number of likely N-dealkylation sites (tertiary alicyclic amines) is 1. The van der Waals surface area contributed by atoms with Crippen molar-refractivity contribution in [3.63, 3.8) is 0 Å². The highest BCUT2D eigenvalue weighted by Gasteiger charge is 2.47. The van der Waals surface area contributed by atoms with Crippen molar-refractivity contribution >= 4 is 28.2 Å². The molecule has 0 saturated carbocycles. The number of carbonyl (C=O) groups excluding carboxylic acids is 1. The fourth-order valence-electron chi connectivity index (χ4n) is 2.70. The minimum atomic E-state index is -3.80. The smallest absolute Gasteiger partial charge is 0.242 e. The fourth-order valence-corrected chi connectivity index (χ4v) is 4.20. The lowest BCUT2D eigenvalue weighted by atomic mass is 10.0. The van der Waals surface area contributed by atoms with Gasteiger partial charge in [-0.3, -0.25) is 9.78 Å². The quantitative estimate of drug-likeness (QED) is 0.781. The van der Waals surface area contributed by atoms with E-state index < -0.39 is 38.7 Å². The summed E-state index contributed by atoms with van der Waals surface area (Å²) in [5.41, 5.74) is 6.49. The Bertz CT molecular complexity index is 782. The number of nitrogens with two attached hydrogens (primary N) is 1. The summed E-state index contributed by atoms with van der Waals surface area (Å²) < 4.78 is 37.5. The molecule has 1 aliphatic heterocycles. The summed E-state index contributed by atoms with van der Waals surface area (Å²) in [6, 6.07) is 2.68. The zero-order valence-corrected chi connectivity index (χ0v) is 16.1. The van der Waals surface area contributed by atoms with Crippen LogP contribution >= 0.6 is 12.4 Å². The lowest BCUT2D eigenvalue weighted by Gasteiger charge is -2.33. The molecule has 1 aromatic rings. The number of halogens is 2. The Kier molecular flexibility index (Phi) is 7.10. The topological polar surface area (TPSA) is 117 Å². The van der Waals surface area contributed by atoms with Crippen molar-refractivity contribution in [3.05, 3.63) is 30.1 Å². The van der Waals surface area contributed by atoms with Gasteiger partial charge < -0.3 is 10.6 Å². The molecule has 2 N–H and O–H groups in total. The molecule has 1 fully saturated rings. The number of rotatable bonds is 5. The second-order valence-corrected chi connectivity index (χ2v) is 9.23. The van der Waals surface area contributed by atoms with Gasteiger partial charge in [0.1, 0.15) is 18.3 Å². The van der Waals surface area contributed by atoms with Crippen LogP contribution < -0.4 is 5.73 Å². The Hall–Kier alpha value is -1.76. The molecular weight excluding hydrogens is 383 g/mol. The molecule has 26 heavy (non-hydrogen) atoms. The number of hydrogen-bond donors (Lipinski definition) is 1. The number of nitriles is 1. The highest BCUT2D eigenvalue weighted by Crippen LogP contribution is 2.28. The molecule has 2 heterocycles. The van der Waals surface area contributed by atoms with Gasteiger partial charge in [-0.1, -0.05) is 0 Å². The normalized spacial score (nSPS) is 21.6. The van der Waals surface area contributed by atoms with E-state index in [2.05, 4.69) is 4.98 Å². The van der Waals surface area contributed by atoms with Crippen molar-refractivity contribution in [2.24, 2.45) is 5.73 Å². The number of nitrogens with zero attached hydrogens (tertiary/aromatic N) is 3. The number of pyridine rings is 1. The zero-order valence-electron chi connectivity index (χ0n) is 14.5. The molecular formula is C16H22ClFN4O3S. The second kappa shape index (κ2) is 8.29. The summed E-state index contributed by atoms with van der Waals surface area (Å²) in [5.74, 6) is -1.02. The maximum atomic E-state index is 13.5. The van der Waals surface area contributed by atoms with E-state index in [-0.39, 0.29) is 31.1 Å². The summed E-state index contributed by atoms with van der Waals surface area (Å²) >= 11 is 0. The minimum absolute atomic E-state index is 0. The summed E-state index contributed by atoms with van der Waals surface area (Å²) in [6.07, 6.45) is 1.56. The monoisotopic (exact) mass is 404 g/mol. The van der Waals surface area contributed by atoms with Crippen LogP contribution in [-0.4, -0.2) is 53.8 Å². The Labute approximate surface area is 158 Å². The van der Waals surface area contributed by atoms with Crippen molar-refractivity contribution in [3.8, 4) is 6.07 Å². The van der Waals surface area contributed by atoms with E-state index in [1.54, 1.807) is 12.1 Å². The van der Waals surface area contributed by atoms with Crippen molar-refractivity contribution in [1.29, 1.82) is 5.26 Å². The van der Waals surface area contributed by atoms with Gasteiger partial charge in [-0.2, -0.15) is 5.26 Å². The molecule has 1 aliphatic rings. The molecule has 10 heteroatoms. The molecule has 1 aromatic heterocycles. The van der Waals surface area contributed by atoms with Gasteiger partial charge in [0.05, 0.1) is 23.1 Å². The molecule has 1 amide bonds. The third kappa shape index (κ3) is 4.31. The van der Waals surface area contributed by atoms with E-state index in [9.17, 15) is 17.6 Å². The van der Waals surface area contributed by atoms with Gasteiger partial charge in [-0.15, -0.1) is 12.4 Å². The summed E-state index contributed by atoms with van der Waals surface area (Å²) in [5, 5.41) is 9.07. The van der Waals surface area contributed by atoms with Crippen LogP contribution in [0.15, 0.2) is 24.5 Å². The first kappa shape index (κ1) is 22.3. The van der Waals surface area contributed by atoms with Gasteiger partial charge in [0.25, 0.3) is 0 Å². The maximum Gasteiger partial charge on any atom is 0.242 e. The zero-order chi connectivity index (χ0) is 18.8. The third-order valence-electron chi connectivity index (χ3n) is 4.60. The van der Waals surface area contributed by atoms with Crippen LogP contribution in [0.5, 0.6) is 0 Å². The van der Waals surface area contributed by atoms with Gasteiger partial charge in [0, 0.05) is 18.8 Å². The van der Waals surface area contributed by atoms with Gasteiger partial charge in [-0.25, -0.2) is 12.8 Å². The standard InChI is InChI=1S/C16H21FN4O3S.ClH/c1-16(2,25(23,24)10-11-3-5-20-6-4-11)14(19)15(22)21-9-12(17)7-13(21)8-18;/h3-6,12-14H,7,9-10,19H2,1-2H3;1H/t12-,13-,14+;/m0./s1. The highest BCUT2D eigenvalue weighted by molar-refractivity contribution is 7.92. The summed E-state index contributed by atoms with van der Waals surface area (Å²) in [6.45, 7) is 2.50. The van der Waals surface area contributed by atoms with Crippen molar-refractivity contribution < 1.29 is 17.6 Å². The molecule has 2 rings (SSSR count). The molecule has 0 bridgehead atoms. The van der Waals surface area contributed by atoms with Crippen molar-refractivity contribution in [1.82, 2.24) is 9.88 Å². The number of alkyl halides is 1. The lowest BCUT2D eigenvalue weighted by molar-refractivity contribution is -0.133. The SMILES string of the molecule is CC(C)([C@H](N)C(=O)N1C[C@@H](F)C[C@H]1C#N)S(=O)(=O)Cc1ccncc1.Cl. The van der Waals surface area contributed by atoms with E-state index in [0.29, 0.717) is 5.56 Å². The second-order valence-electron chi connectivity index (χ2n) is 6.66. The maximum absolute atomic E-state index is 13.5. The molecule has 0 radical (unpaired) electrons. The molecule has 3 atom stereocenters. The average molecular weight is 405 g/mol. The fraction of sp³-hybridized carbons (Fsp3) is 0.562. The molecule has 0 unspecified atom stereocenters. The number of sulfone groups is 1. The van der Waals surface area contributed by atoms with E-state index in [0.717, 1.165) is 4.90 Å². The number of aromatic nitrogens is 1. The minimum Gasteiger partial charge on any atom is -0.322 e. The van der Waals surface area contributed by atoms with Crippen molar-refractivity contribution in [2.75, 3.05) is 6.54 Å². The first-order valence-corrected chi connectivity index (χ1v) is 9.46. The van der Waals surface area contributed by atoms with E-state index in [4.69, 9.17) is 11.0 Å². The van der Waals surface area contributed by atoms with Crippen LogP contribution in [-0.2, 0) is 20.4 Å². The molecule has 1 saturated heterocycles. The van der Waals surface area contributed by atoms with Gasteiger partial charge in [-0.05, 0) is 31.5 Å². The Balaban J connectivity index is 0.00000338. The first-order chi connectivity index (χ1) is 11.6. The number of carbonyl (C=O) groups is 1. The van der Waals surface area contributed by atoms with Crippen LogP contribution in [0.25, 0.3) is 0 Å². The van der Waals surface area contributed by atoms with Crippen LogP contribution in [0, 0.1) is 11.3 Å². The Morgan fingerprint density at radius 3 is 2.62 bits per heavy atom. The molecule has 144 valence electrons. The van der Waals surface area contributed by atoms with Crippen molar-refractivity contribution in [2.45, 2.75) is 49.0 Å². The van der Waals surface area contributed by atoms with E-state index >= 15 is 0 Å². The van der Waals surface area contributed by atoms with Crippen LogP contribution in [0.4, 0.5) is 4.39 Å². The van der Waals surface area contributed by atoms with Gasteiger partial charge >= 0.3 is 0 Å². The predicted octanol–water partition coefficient (Wildman–Crippen LogP) is 0.987. The van der Waals surface area contributed by atoms with Gasteiger partial charge in [0.15, 0.2) is 9.84 Å². The molecule has 0 aliphatic carbocycles. The number of amides is 1. The predicted molar refractivity (Wildman–Crippen MR) is 96.8 cm³/mol. The number of hydrogen-bond acceptors (Lipinski definition) is 6. The molecule has 0 aromatic carbocycles. The molecule has 0 spiro atoms. The largest absolute Gasteiger partial charge is 0.322 e. The van der Waals surface area contributed by atoms with E-state index in [1.807, 2.05) is 6.07 Å². The average Bonchev–Trinajstić information content (AvgIpc) is 2.94. The Morgan fingerprint density at radius 2 is 2.08 bits per heavy atom. The first-order valence-electron chi connectivity index (χ1n) is 7.81. The third-order valence-corrected chi connectivity index (χ3v) is 7.18. The Morgan fingerprint density at radius 1 is 1.50 bits per heavy atom. The lowest BCUT2D eigenvalue weighted by Crippen LogP contribution is -2.59. The van der Waals surface area contributed by atoms with Crippen LogP contribution in [0.1, 0.15) is 25.8 Å². The highest BCUT2D eigenvalue weighted by atomic mass is 35.5. The molecule has 7 nitrogen and oxygen atoms in total. The van der Waals surface area contributed by atoms with Crippen LogP contribution in [0.3, 0.4) is 0 Å². The summed E-state index contributed by atoms with van der Waals surface area (Å²) in [7, 11) is -3.80. The van der Waals surface area contributed by atoms with Gasteiger partial charge in [0.2, 0.25) is 5.91 Å². The summed E-state index contributed by atoms with van der Waals surface area (Å²) in [4.78, 5) is 17.5.